The summed E-state index contributed by atoms with van der Waals surface area (Å²) in [5, 5.41) is 16.0. The van der Waals surface area contributed by atoms with Gasteiger partial charge in [0, 0.05) is 53.4 Å². The van der Waals surface area contributed by atoms with Crippen molar-refractivity contribution >= 4 is 77.2 Å². The van der Waals surface area contributed by atoms with Crippen LogP contribution in [0.2, 0.25) is 0 Å². The maximum absolute atomic E-state index is 12.7. The van der Waals surface area contributed by atoms with Crippen molar-refractivity contribution in [3.8, 4) is 78.4 Å². The number of benzene rings is 3. The van der Waals surface area contributed by atoms with Crippen molar-refractivity contribution in [2.75, 3.05) is 27.9 Å². The number of imidazole rings is 2. The van der Waals surface area contributed by atoms with Crippen LogP contribution >= 0.6 is 45.3 Å². The fourth-order valence-corrected chi connectivity index (χ4v) is 10.6. The quantitative estimate of drug-likeness (QED) is 0.0837. The van der Waals surface area contributed by atoms with Gasteiger partial charge in [0.15, 0.2) is 29.6 Å². The summed E-state index contributed by atoms with van der Waals surface area (Å²) in [6, 6.07) is 16.4. The van der Waals surface area contributed by atoms with E-state index in [4.69, 9.17) is 56.7 Å². The van der Waals surface area contributed by atoms with Crippen molar-refractivity contribution < 1.29 is 59.9 Å². The van der Waals surface area contributed by atoms with E-state index in [1.165, 1.54) is 52.5 Å². The number of aromatic nitrogens is 8. The zero-order valence-electron chi connectivity index (χ0n) is 37.0. The average Bonchev–Trinajstić information content (AvgIpc) is 4.21. The molecule has 1 aliphatic rings. The summed E-state index contributed by atoms with van der Waals surface area (Å²) in [6.45, 7) is 0.295. The van der Waals surface area contributed by atoms with Gasteiger partial charge in [0.2, 0.25) is 9.92 Å². The SMILES string of the molecule is COc1cc(OCc2csc(-c3ccc4c(c3)OC(COc3nn5cc(-c6cc7c(OCc8csc(CCC(F)(F)F)n8)cc(OC)cc7o6)nc5s3)O4)n2)c2cc(-c3cn4nc(OC)sc4n3)oc2c1. The number of furan rings is 2. The van der Waals surface area contributed by atoms with Crippen LogP contribution < -0.4 is 37.9 Å². The largest absolute Gasteiger partial charge is 0.496 e. The molecule has 0 aliphatic carbocycles. The van der Waals surface area contributed by atoms with Crippen LogP contribution in [-0.4, -0.2) is 79.6 Å². The number of halogens is 3. The van der Waals surface area contributed by atoms with Gasteiger partial charge in [-0.1, -0.05) is 0 Å². The highest BCUT2D eigenvalue weighted by Crippen LogP contribution is 2.42. The van der Waals surface area contributed by atoms with E-state index in [0.29, 0.717) is 105 Å². The molecule has 8 aromatic heterocycles. The van der Waals surface area contributed by atoms with E-state index in [0.717, 1.165) is 21.7 Å². The molecule has 1 atom stereocenters. The molecule has 3 aromatic carbocycles. The fourth-order valence-electron chi connectivity index (χ4n) is 7.57. The van der Waals surface area contributed by atoms with E-state index in [9.17, 15) is 13.2 Å². The number of rotatable bonds is 17. The number of nitrogens with zero attached hydrogens (tertiary/aromatic N) is 8. The fraction of sp³-hybridized carbons (Fsp3) is 0.217. The molecule has 0 spiro atoms. The molecular weight excluding hydrogens is 1010 g/mol. The molecule has 11 aromatic rings. The lowest BCUT2D eigenvalue weighted by Gasteiger charge is -2.09. The minimum absolute atomic E-state index is 0.0441. The summed E-state index contributed by atoms with van der Waals surface area (Å²) in [6.07, 6.45) is -2.59. The number of ether oxygens (including phenoxy) is 8. The summed E-state index contributed by atoms with van der Waals surface area (Å²) in [7, 11) is 4.68. The molecule has 0 saturated heterocycles. The highest BCUT2D eigenvalue weighted by Gasteiger charge is 2.29. The number of aryl methyl sites for hydroxylation is 1. The lowest BCUT2D eigenvalue weighted by atomic mass is 10.2. The van der Waals surface area contributed by atoms with Crippen molar-refractivity contribution in [3.05, 3.63) is 94.1 Å². The Labute approximate surface area is 413 Å². The van der Waals surface area contributed by atoms with Gasteiger partial charge in [-0.05, 0) is 53.0 Å². The summed E-state index contributed by atoms with van der Waals surface area (Å²) < 4.78 is 101. The smallest absolute Gasteiger partial charge is 0.389 e. The number of fused-ring (bicyclic) bond motifs is 5. The Bertz CT molecular complexity index is 3690. The minimum Gasteiger partial charge on any atom is -0.496 e. The van der Waals surface area contributed by atoms with E-state index < -0.39 is 18.9 Å². The van der Waals surface area contributed by atoms with E-state index in [1.54, 1.807) is 65.3 Å². The third-order valence-corrected chi connectivity index (χ3v) is 14.5. The topological polar surface area (TPSA) is 186 Å². The van der Waals surface area contributed by atoms with Gasteiger partial charge >= 0.3 is 6.18 Å². The number of methoxy groups -OCH3 is 3. The lowest BCUT2D eigenvalue weighted by molar-refractivity contribution is -0.134. The van der Waals surface area contributed by atoms with E-state index in [-0.39, 0.29) is 26.2 Å². The van der Waals surface area contributed by atoms with Crippen LogP contribution in [0.5, 0.6) is 44.9 Å². The van der Waals surface area contributed by atoms with Gasteiger partial charge < -0.3 is 46.7 Å². The number of hydrogen-bond acceptors (Lipinski definition) is 20. The van der Waals surface area contributed by atoms with Gasteiger partial charge in [-0.2, -0.15) is 13.2 Å². The van der Waals surface area contributed by atoms with Crippen molar-refractivity contribution in [3.63, 3.8) is 0 Å². The Kier molecular flexibility index (Phi) is 11.3. The van der Waals surface area contributed by atoms with Crippen LogP contribution in [0.1, 0.15) is 22.8 Å². The van der Waals surface area contributed by atoms with Crippen LogP contribution in [-0.2, 0) is 19.6 Å². The highest BCUT2D eigenvalue weighted by atomic mass is 32.1. The van der Waals surface area contributed by atoms with Gasteiger partial charge in [0.25, 0.3) is 16.7 Å². The molecule has 9 heterocycles. The maximum Gasteiger partial charge on any atom is 0.389 e. The van der Waals surface area contributed by atoms with Crippen molar-refractivity contribution in [1.29, 1.82) is 0 Å². The molecule has 0 bridgehead atoms. The van der Waals surface area contributed by atoms with Gasteiger partial charge in [0.05, 0.1) is 60.9 Å². The Balaban J connectivity index is 0.668. The Morgan fingerprint density at radius 2 is 1.25 bits per heavy atom. The van der Waals surface area contributed by atoms with E-state index in [2.05, 4.69) is 20.2 Å². The first-order chi connectivity index (χ1) is 34.5. The van der Waals surface area contributed by atoms with Crippen LogP contribution in [0.15, 0.2) is 86.6 Å². The van der Waals surface area contributed by atoms with Gasteiger partial charge in [-0.3, -0.25) is 0 Å². The van der Waals surface area contributed by atoms with Gasteiger partial charge in [-0.25, -0.2) is 29.0 Å². The third kappa shape index (κ3) is 9.07. The Morgan fingerprint density at radius 1 is 0.648 bits per heavy atom. The molecule has 0 saturated carbocycles. The van der Waals surface area contributed by atoms with E-state index in [1.807, 2.05) is 35.7 Å². The second-order valence-corrected chi connectivity index (χ2v) is 19.3. The molecule has 12 rings (SSSR count). The highest BCUT2D eigenvalue weighted by molar-refractivity contribution is 7.18. The van der Waals surface area contributed by atoms with Crippen LogP contribution in [0, 0.1) is 0 Å². The predicted octanol–water partition coefficient (Wildman–Crippen LogP) is 11.2. The van der Waals surface area contributed by atoms with Crippen LogP contribution in [0.25, 0.3) is 65.3 Å². The summed E-state index contributed by atoms with van der Waals surface area (Å²) in [5.41, 5.74) is 4.31. The lowest BCUT2D eigenvalue weighted by Crippen LogP contribution is -2.26. The Morgan fingerprint density at radius 3 is 1.87 bits per heavy atom. The van der Waals surface area contributed by atoms with E-state index >= 15 is 0 Å². The third-order valence-electron chi connectivity index (χ3n) is 10.9. The number of thiazole rings is 2. The Hall–Kier alpha value is -7.61. The molecular formula is C46H33F3N8O10S4. The normalized spacial score (nSPS) is 13.6. The molecule has 0 N–H and O–H groups in total. The molecule has 18 nitrogen and oxygen atoms in total. The molecule has 1 unspecified atom stereocenters. The van der Waals surface area contributed by atoms with Gasteiger partial charge in [-0.15, -0.1) is 32.9 Å². The van der Waals surface area contributed by atoms with Crippen molar-refractivity contribution in [2.45, 2.75) is 38.5 Å². The number of alkyl halides is 3. The first-order valence-electron chi connectivity index (χ1n) is 21.3. The molecule has 71 heavy (non-hydrogen) atoms. The first kappa shape index (κ1) is 44.6. The summed E-state index contributed by atoms with van der Waals surface area (Å²) in [5.74, 6) is 4.23. The number of hydrogen-bond donors (Lipinski definition) is 0. The second kappa shape index (κ2) is 18.0. The predicted molar refractivity (Wildman–Crippen MR) is 255 cm³/mol. The summed E-state index contributed by atoms with van der Waals surface area (Å²) in [4.78, 5) is 19.7. The zero-order chi connectivity index (χ0) is 48.4. The minimum atomic E-state index is -4.25. The first-order valence-corrected chi connectivity index (χ1v) is 24.7. The molecule has 0 fully saturated rings. The molecule has 0 amide bonds. The molecule has 25 heteroatoms. The van der Waals surface area contributed by atoms with Crippen LogP contribution in [0.3, 0.4) is 0 Å². The van der Waals surface area contributed by atoms with Crippen molar-refractivity contribution in [1.82, 2.24) is 39.2 Å². The standard InChI is InChI=1S/C46H33F3N8O10S4/c1-58-25-9-32(61-17-23-20-68-39(50-23)6-7-46(47,48)49)27-13-37(65-34(27)11-25)30-16-57-43(53-30)71-45(55-57)63-19-40-66-31-5-4-22(8-38(31)67-40)41-51-24(21-69-41)18-62-33-10-26(59-2)12-35-28(33)14-36(64-35)29-15-56-42(52-29)70-44(54-56)60-3/h4-5,8-16,20-21,40H,6-7,17-19H2,1-3H3. The zero-order valence-corrected chi connectivity index (χ0v) is 40.3. The van der Waals surface area contributed by atoms with Gasteiger partial charge in [0.1, 0.15) is 63.8 Å². The maximum atomic E-state index is 12.7. The molecule has 1 aliphatic heterocycles. The monoisotopic (exact) mass is 1040 g/mol. The molecule has 0 radical (unpaired) electrons. The van der Waals surface area contributed by atoms with Crippen LogP contribution in [0.4, 0.5) is 13.2 Å². The van der Waals surface area contributed by atoms with Crippen molar-refractivity contribution in [2.24, 2.45) is 0 Å². The summed E-state index contributed by atoms with van der Waals surface area (Å²) >= 11 is 5.21. The average molecular weight is 1040 g/mol. The second-order valence-electron chi connectivity index (χ2n) is 15.6. The molecule has 362 valence electrons.